The van der Waals surface area contributed by atoms with Crippen LogP contribution in [-0.4, -0.2) is 43.0 Å². The van der Waals surface area contributed by atoms with Crippen LogP contribution in [0.3, 0.4) is 0 Å². The first-order chi connectivity index (χ1) is 14.2. The lowest BCUT2D eigenvalue weighted by Crippen LogP contribution is -2.31. The zero-order chi connectivity index (χ0) is 20.5. The maximum absolute atomic E-state index is 12.6. The van der Waals surface area contributed by atoms with Gasteiger partial charge in [-0.3, -0.25) is 9.59 Å². The van der Waals surface area contributed by atoms with E-state index in [1.807, 2.05) is 36.1 Å². The first-order valence-corrected chi connectivity index (χ1v) is 10.3. The third-order valence-electron chi connectivity index (χ3n) is 4.94. The Morgan fingerprint density at radius 2 is 1.66 bits per heavy atom. The van der Waals surface area contributed by atoms with Gasteiger partial charge in [-0.15, -0.1) is 0 Å². The van der Waals surface area contributed by atoms with Gasteiger partial charge in [0.2, 0.25) is 5.91 Å². The average molecular weight is 396 g/mol. The smallest absolute Gasteiger partial charge is 0.253 e. The van der Waals surface area contributed by atoms with Gasteiger partial charge in [-0.1, -0.05) is 25.0 Å². The number of ether oxygens (including phenoxy) is 1. The molecule has 1 saturated heterocycles. The summed E-state index contributed by atoms with van der Waals surface area (Å²) < 4.78 is 5.55. The number of hydrogen-bond donors (Lipinski definition) is 2. The molecule has 0 bridgehead atoms. The lowest BCUT2D eigenvalue weighted by molar-refractivity contribution is -0.114. The van der Waals surface area contributed by atoms with Crippen molar-refractivity contribution in [1.82, 2.24) is 4.90 Å². The molecule has 1 heterocycles. The second kappa shape index (κ2) is 10.5. The SMILES string of the molecule is CCOc1ccccc1NCC(=O)Nc1ccc(C(=O)N2CCCCCC2)cc1. The highest BCUT2D eigenvalue weighted by Crippen LogP contribution is 2.23. The van der Waals surface area contributed by atoms with Gasteiger partial charge in [0.25, 0.3) is 5.91 Å². The van der Waals surface area contributed by atoms with E-state index in [0.717, 1.165) is 37.4 Å². The van der Waals surface area contributed by atoms with E-state index in [-0.39, 0.29) is 18.4 Å². The van der Waals surface area contributed by atoms with Crippen molar-refractivity contribution in [3.63, 3.8) is 0 Å². The zero-order valence-corrected chi connectivity index (χ0v) is 16.9. The van der Waals surface area contributed by atoms with Crippen LogP contribution in [0, 0.1) is 0 Å². The Hall–Kier alpha value is -3.02. The summed E-state index contributed by atoms with van der Waals surface area (Å²) in [4.78, 5) is 26.8. The molecule has 0 unspecified atom stereocenters. The van der Waals surface area contributed by atoms with Crippen molar-refractivity contribution in [2.24, 2.45) is 0 Å². The fourth-order valence-electron chi connectivity index (χ4n) is 3.43. The van der Waals surface area contributed by atoms with Gasteiger partial charge < -0.3 is 20.3 Å². The van der Waals surface area contributed by atoms with Gasteiger partial charge in [0, 0.05) is 24.3 Å². The Kier molecular flexibility index (Phi) is 7.50. The number of carbonyl (C=O) groups is 2. The molecule has 0 spiro atoms. The lowest BCUT2D eigenvalue weighted by Gasteiger charge is -2.20. The summed E-state index contributed by atoms with van der Waals surface area (Å²) in [5, 5.41) is 5.95. The molecule has 2 amide bonds. The number of likely N-dealkylation sites (tertiary alicyclic amines) is 1. The van der Waals surface area contributed by atoms with Crippen LogP contribution in [0.4, 0.5) is 11.4 Å². The highest BCUT2D eigenvalue weighted by atomic mass is 16.5. The monoisotopic (exact) mass is 395 g/mol. The third-order valence-corrected chi connectivity index (χ3v) is 4.94. The van der Waals surface area contributed by atoms with Crippen molar-refractivity contribution >= 4 is 23.2 Å². The standard InChI is InChI=1S/C23H29N3O3/c1-2-29-21-10-6-5-9-20(21)24-17-22(27)25-19-13-11-18(12-14-19)23(28)26-15-7-3-4-8-16-26/h5-6,9-14,24H,2-4,7-8,15-17H2,1H3,(H,25,27). The molecule has 0 aromatic heterocycles. The predicted molar refractivity (Wildman–Crippen MR) is 116 cm³/mol. The fourth-order valence-corrected chi connectivity index (χ4v) is 3.43. The molecule has 1 aliphatic rings. The number of anilines is 2. The molecule has 6 nitrogen and oxygen atoms in total. The molecule has 0 atom stereocenters. The van der Waals surface area contributed by atoms with E-state index < -0.39 is 0 Å². The van der Waals surface area contributed by atoms with Crippen molar-refractivity contribution in [3.8, 4) is 5.75 Å². The van der Waals surface area contributed by atoms with Crippen LogP contribution in [0.2, 0.25) is 0 Å². The van der Waals surface area contributed by atoms with E-state index in [2.05, 4.69) is 10.6 Å². The van der Waals surface area contributed by atoms with Crippen molar-refractivity contribution in [3.05, 3.63) is 54.1 Å². The number of amides is 2. The van der Waals surface area contributed by atoms with Crippen LogP contribution in [0.5, 0.6) is 5.75 Å². The Morgan fingerprint density at radius 1 is 0.966 bits per heavy atom. The topological polar surface area (TPSA) is 70.7 Å². The molecule has 2 N–H and O–H groups in total. The minimum Gasteiger partial charge on any atom is -0.492 e. The molecule has 0 radical (unpaired) electrons. The molecular weight excluding hydrogens is 366 g/mol. The number of nitrogens with one attached hydrogen (secondary N) is 2. The summed E-state index contributed by atoms with van der Waals surface area (Å²) in [6.45, 7) is 4.26. The van der Waals surface area contributed by atoms with Gasteiger partial charge in [-0.05, 0) is 56.2 Å². The molecule has 29 heavy (non-hydrogen) atoms. The Bertz CT molecular complexity index is 812. The van der Waals surface area contributed by atoms with Gasteiger partial charge in [0.05, 0.1) is 18.8 Å². The molecule has 1 fully saturated rings. The van der Waals surface area contributed by atoms with Crippen molar-refractivity contribution in [2.45, 2.75) is 32.6 Å². The van der Waals surface area contributed by atoms with Crippen molar-refractivity contribution in [2.75, 3.05) is 36.9 Å². The normalized spacial score (nSPS) is 14.0. The maximum atomic E-state index is 12.6. The number of nitrogens with zero attached hydrogens (tertiary/aromatic N) is 1. The summed E-state index contributed by atoms with van der Waals surface area (Å²) in [5.41, 5.74) is 2.11. The number of para-hydroxylation sites is 2. The first-order valence-electron chi connectivity index (χ1n) is 10.3. The van der Waals surface area contributed by atoms with Crippen LogP contribution in [-0.2, 0) is 4.79 Å². The molecule has 0 aliphatic carbocycles. The zero-order valence-electron chi connectivity index (χ0n) is 16.9. The van der Waals surface area contributed by atoms with E-state index in [4.69, 9.17) is 4.74 Å². The van der Waals surface area contributed by atoms with Crippen LogP contribution in [0.15, 0.2) is 48.5 Å². The number of rotatable bonds is 7. The van der Waals surface area contributed by atoms with Gasteiger partial charge in [0.15, 0.2) is 0 Å². The number of carbonyl (C=O) groups excluding carboxylic acids is 2. The van der Waals surface area contributed by atoms with Crippen LogP contribution < -0.4 is 15.4 Å². The summed E-state index contributed by atoms with van der Waals surface area (Å²) >= 11 is 0. The Morgan fingerprint density at radius 3 is 2.34 bits per heavy atom. The van der Waals surface area contributed by atoms with Crippen molar-refractivity contribution < 1.29 is 14.3 Å². The maximum Gasteiger partial charge on any atom is 0.253 e. The summed E-state index contributed by atoms with van der Waals surface area (Å²) in [7, 11) is 0. The van der Waals surface area contributed by atoms with Gasteiger partial charge in [-0.2, -0.15) is 0 Å². The highest BCUT2D eigenvalue weighted by molar-refractivity contribution is 5.96. The Balaban J connectivity index is 1.53. The third kappa shape index (κ3) is 5.98. The predicted octanol–water partition coefficient (Wildman–Crippen LogP) is 4.15. The van der Waals surface area contributed by atoms with E-state index in [1.165, 1.54) is 12.8 Å². The minimum atomic E-state index is -0.164. The minimum absolute atomic E-state index is 0.0685. The second-order valence-electron chi connectivity index (χ2n) is 7.11. The van der Waals surface area contributed by atoms with Crippen LogP contribution in [0.1, 0.15) is 43.0 Å². The van der Waals surface area contributed by atoms with Gasteiger partial charge in [0.1, 0.15) is 5.75 Å². The molecule has 0 saturated carbocycles. The van der Waals surface area contributed by atoms with Gasteiger partial charge >= 0.3 is 0 Å². The molecule has 6 heteroatoms. The second-order valence-corrected chi connectivity index (χ2v) is 7.11. The van der Waals surface area contributed by atoms with E-state index in [0.29, 0.717) is 17.9 Å². The van der Waals surface area contributed by atoms with Crippen LogP contribution >= 0.6 is 0 Å². The molecular formula is C23H29N3O3. The van der Waals surface area contributed by atoms with Crippen molar-refractivity contribution in [1.29, 1.82) is 0 Å². The average Bonchev–Trinajstić information content (AvgIpc) is 3.03. The summed E-state index contributed by atoms with van der Waals surface area (Å²) in [6.07, 6.45) is 4.52. The largest absolute Gasteiger partial charge is 0.492 e. The lowest BCUT2D eigenvalue weighted by atomic mass is 10.1. The molecule has 1 aliphatic heterocycles. The first kappa shape index (κ1) is 20.7. The fraction of sp³-hybridized carbons (Fsp3) is 0.391. The van der Waals surface area contributed by atoms with Gasteiger partial charge in [-0.25, -0.2) is 0 Å². The quantitative estimate of drug-likeness (QED) is 0.739. The van der Waals surface area contributed by atoms with E-state index >= 15 is 0 Å². The molecule has 154 valence electrons. The molecule has 2 aromatic rings. The number of hydrogen-bond acceptors (Lipinski definition) is 4. The Labute approximate surface area is 172 Å². The van der Waals surface area contributed by atoms with E-state index in [9.17, 15) is 9.59 Å². The summed E-state index contributed by atoms with van der Waals surface area (Å²) in [6, 6.07) is 14.6. The molecule has 2 aromatic carbocycles. The highest BCUT2D eigenvalue weighted by Gasteiger charge is 2.17. The van der Waals surface area contributed by atoms with E-state index in [1.54, 1.807) is 24.3 Å². The molecule has 3 rings (SSSR count). The number of benzene rings is 2. The van der Waals surface area contributed by atoms with Crippen LogP contribution in [0.25, 0.3) is 0 Å². The summed E-state index contributed by atoms with van der Waals surface area (Å²) in [5.74, 6) is 0.626.